The van der Waals surface area contributed by atoms with E-state index in [1.165, 1.54) is 17.3 Å². The van der Waals surface area contributed by atoms with E-state index in [1.54, 1.807) is 16.2 Å². The van der Waals surface area contributed by atoms with Gasteiger partial charge >= 0.3 is 0 Å². The van der Waals surface area contributed by atoms with Crippen LogP contribution in [0.15, 0.2) is 74.3 Å². The number of nitrogens with zero attached hydrogens (tertiary/aromatic N) is 2. The monoisotopic (exact) mass is 468 g/mol. The fourth-order valence-electron chi connectivity index (χ4n) is 2.74. The number of amides is 1. The molecule has 1 fully saturated rings. The highest BCUT2D eigenvalue weighted by molar-refractivity contribution is 9.11. The normalized spacial score (nSPS) is 17.1. The largest absolute Gasteiger partial charge is 0.271 e. The predicted octanol–water partition coefficient (Wildman–Crippen LogP) is 6.94. The Bertz CT molecular complexity index is 1080. The van der Waals surface area contributed by atoms with Gasteiger partial charge in [0.25, 0.3) is 5.91 Å². The van der Waals surface area contributed by atoms with Crippen molar-refractivity contribution >= 4 is 67.6 Å². The molecule has 0 radical (unpaired) electrons. The van der Waals surface area contributed by atoms with Gasteiger partial charge in [0.05, 0.1) is 20.1 Å². The zero-order valence-corrected chi connectivity index (χ0v) is 18.6. The molecule has 1 saturated heterocycles. The first-order valence-electron chi connectivity index (χ1n) is 8.71. The molecular weight excluding hydrogens is 452 g/mol. The van der Waals surface area contributed by atoms with Crippen LogP contribution in [0.4, 0.5) is 11.4 Å². The second kappa shape index (κ2) is 8.07. The number of hydrogen-bond donors (Lipinski definition) is 0. The van der Waals surface area contributed by atoms with Crippen molar-refractivity contribution in [2.45, 2.75) is 13.8 Å². The fraction of sp³-hybridized carbons (Fsp3) is 0.0909. The number of aliphatic imine (C=N–C) groups is 1. The molecule has 1 aromatic heterocycles. The van der Waals surface area contributed by atoms with Gasteiger partial charge in [0, 0.05) is 4.88 Å². The molecule has 0 spiro atoms. The third-order valence-corrected chi connectivity index (χ3v) is 6.76. The van der Waals surface area contributed by atoms with E-state index in [4.69, 9.17) is 4.99 Å². The molecule has 1 amide bonds. The molecule has 28 heavy (non-hydrogen) atoms. The van der Waals surface area contributed by atoms with E-state index in [1.807, 2.05) is 80.6 Å². The summed E-state index contributed by atoms with van der Waals surface area (Å²) in [5.74, 6) is -0.0516. The van der Waals surface area contributed by atoms with Gasteiger partial charge in [0.1, 0.15) is 0 Å². The molecule has 3 nitrogen and oxygen atoms in total. The number of halogens is 1. The standard InChI is InChI=1S/C22H17BrN2OS2/c1-14-3-7-16(8-4-14)24-22-25(17-9-5-15(2)6-10-17)21(26)19(28-22)13-18-11-12-20(23)27-18/h3-13H,1-2H3/b19-13+,24-22?. The SMILES string of the molecule is Cc1ccc(N=C2S/C(=C/c3ccc(Br)s3)C(=O)N2c2ccc(C)cc2)cc1. The average Bonchev–Trinajstić information content (AvgIpc) is 3.21. The van der Waals surface area contributed by atoms with Gasteiger partial charge in [-0.15, -0.1) is 11.3 Å². The van der Waals surface area contributed by atoms with Gasteiger partial charge in [-0.05, 0) is 84.0 Å². The molecule has 6 heteroatoms. The average molecular weight is 469 g/mol. The minimum atomic E-state index is -0.0516. The Morgan fingerprint density at radius 2 is 1.57 bits per heavy atom. The van der Waals surface area contributed by atoms with Crippen molar-refractivity contribution in [2.24, 2.45) is 4.99 Å². The summed E-state index contributed by atoms with van der Waals surface area (Å²) >= 11 is 6.48. The van der Waals surface area contributed by atoms with Crippen LogP contribution in [0, 0.1) is 13.8 Å². The second-order valence-corrected chi connectivity index (χ2v) is 9.96. The number of hydrogen-bond acceptors (Lipinski definition) is 4. The van der Waals surface area contributed by atoms with E-state index in [9.17, 15) is 4.79 Å². The first-order chi connectivity index (χ1) is 13.5. The number of carbonyl (C=O) groups is 1. The number of thioether (sulfide) groups is 1. The minimum Gasteiger partial charge on any atom is -0.268 e. The molecule has 1 aliphatic heterocycles. The van der Waals surface area contributed by atoms with Crippen molar-refractivity contribution in [3.05, 3.63) is 85.4 Å². The van der Waals surface area contributed by atoms with Crippen LogP contribution >= 0.6 is 39.0 Å². The molecule has 2 heterocycles. The molecule has 0 bridgehead atoms. The zero-order valence-electron chi connectivity index (χ0n) is 15.3. The molecular formula is C22H17BrN2OS2. The van der Waals surface area contributed by atoms with E-state index < -0.39 is 0 Å². The third kappa shape index (κ3) is 4.14. The van der Waals surface area contributed by atoms with Crippen LogP contribution in [0.2, 0.25) is 0 Å². The Morgan fingerprint density at radius 3 is 2.18 bits per heavy atom. The van der Waals surface area contributed by atoms with E-state index in [2.05, 4.69) is 15.9 Å². The van der Waals surface area contributed by atoms with Crippen LogP contribution in [0.5, 0.6) is 0 Å². The molecule has 0 N–H and O–H groups in total. The van der Waals surface area contributed by atoms with Gasteiger partial charge in [-0.3, -0.25) is 9.69 Å². The van der Waals surface area contributed by atoms with Crippen LogP contribution in [-0.2, 0) is 4.79 Å². The van der Waals surface area contributed by atoms with Gasteiger partial charge in [0.2, 0.25) is 0 Å². The lowest BCUT2D eigenvalue weighted by atomic mass is 10.2. The Labute approximate surface area is 180 Å². The molecule has 0 atom stereocenters. The lowest BCUT2D eigenvalue weighted by Gasteiger charge is -2.16. The fourth-order valence-corrected chi connectivity index (χ4v) is 5.17. The number of thiophene rings is 1. The van der Waals surface area contributed by atoms with E-state index in [0.29, 0.717) is 10.1 Å². The van der Waals surface area contributed by atoms with Crippen molar-refractivity contribution in [1.29, 1.82) is 0 Å². The molecule has 0 aliphatic carbocycles. The van der Waals surface area contributed by atoms with Crippen LogP contribution in [0.25, 0.3) is 6.08 Å². The first-order valence-corrected chi connectivity index (χ1v) is 11.1. The summed E-state index contributed by atoms with van der Waals surface area (Å²) in [6, 6.07) is 19.9. The molecule has 4 rings (SSSR count). The summed E-state index contributed by atoms with van der Waals surface area (Å²) in [4.78, 5) is 21.4. The Hall–Kier alpha value is -2.15. The summed E-state index contributed by atoms with van der Waals surface area (Å²) in [7, 11) is 0. The van der Waals surface area contributed by atoms with Crippen LogP contribution in [0.1, 0.15) is 16.0 Å². The molecule has 3 aromatic rings. The van der Waals surface area contributed by atoms with Crippen LogP contribution < -0.4 is 4.90 Å². The zero-order chi connectivity index (χ0) is 19.7. The predicted molar refractivity (Wildman–Crippen MR) is 125 cm³/mol. The Kier molecular flexibility index (Phi) is 5.53. The first kappa shape index (κ1) is 19.2. The third-order valence-electron chi connectivity index (χ3n) is 4.22. The van der Waals surface area contributed by atoms with Crippen molar-refractivity contribution < 1.29 is 4.79 Å². The van der Waals surface area contributed by atoms with Crippen molar-refractivity contribution in [3.8, 4) is 0 Å². The molecule has 1 aliphatic rings. The van der Waals surface area contributed by atoms with Gasteiger partial charge in [-0.25, -0.2) is 4.99 Å². The summed E-state index contributed by atoms with van der Waals surface area (Å²) in [5, 5.41) is 0.666. The number of aryl methyl sites for hydroxylation is 2. The van der Waals surface area contributed by atoms with Gasteiger partial charge in [-0.1, -0.05) is 35.4 Å². The maximum Gasteiger partial charge on any atom is 0.271 e. The van der Waals surface area contributed by atoms with E-state index in [-0.39, 0.29) is 5.91 Å². The highest BCUT2D eigenvalue weighted by Crippen LogP contribution is 2.38. The number of anilines is 1. The smallest absolute Gasteiger partial charge is 0.268 e. The van der Waals surface area contributed by atoms with Crippen LogP contribution in [-0.4, -0.2) is 11.1 Å². The molecule has 0 unspecified atom stereocenters. The lowest BCUT2D eigenvalue weighted by Crippen LogP contribution is -2.28. The maximum absolute atomic E-state index is 13.2. The summed E-state index contributed by atoms with van der Waals surface area (Å²) in [5.41, 5.74) is 3.99. The van der Waals surface area contributed by atoms with Crippen molar-refractivity contribution in [2.75, 3.05) is 4.90 Å². The molecule has 0 saturated carbocycles. The summed E-state index contributed by atoms with van der Waals surface area (Å²) in [6.07, 6.45) is 1.93. The van der Waals surface area contributed by atoms with Crippen molar-refractivity contribution in [3.63, 3.8) is 0 Å². The Morgan fingerprint density at radius 1 is 0.929 bits per heavy atom. The lowest BCUT2D eigenvalue weighted by molar-refractivity contribution is -0.113. The number of benzene rings is 2. The number of carbonyl (C=O) groups excluding carboxylic acids is 1. The van der Waals surface area contributed by atoms with Gasteiger partial charge in [-0.2, -0.15) is 0 Å². The summed E-state index contributed by atoms with van der Waals surface area (Å²) < 4.78 is 1.04. The quantitative estimate of drug-likeness (QED) is 0.390. The minimum absolute atomic E-state index is 0.0516. The maximum atomic E-state index is 13.2. The van der Waals surface area contributed by atoms with Gasteiger partial charge < -0.3 is 0 Å². The topological polar surface area (TPSA) is 32.7 Å². The van der Waals surface area contributed by atoms with E-state index >= 15 is 0 Å². The highest BCUT2D eigenvalue weighted by Gasteiger charge is 2.34. The van der Waals surface area contributed by atoms with Crippen LogP contribution in [0.3, 0.4) is 0 Å². The molecule has 2 aromatic carbocycles. The molecule has 140 valence electrons. The second-order valence-electron chi connectivity index (χ2n) is 6.46. The summed E-state index contributed by atoms with van der Waals surface area (Å²) in [6.45, 7) is 4.08. The highest BCUT2D eigenvalue weighted by atomic mass is 79.9. The number of amidine groups is 1. The Balaban J connectivity index is 1.76. The number of rotatable bonds is 3. The van der Waals surface area contributed by atoms with Crippen molar-refractivity contribution in [1.82, 2.24) is 0 Å². The van der Waals surface area contributed by atoms with Gasteiger partial charge in [0.15, 0.2) is 5.17 Å². The van der Waals surface area contributed by atoms with E-state index in [0.717, 1.165) is 25.6 Å².